The molecule has 1 aromatic heterocycles. The Morgan fingerprint density at radius 3 is 2.50 bits per heavy atom. The van der Waals surface area contributed by atoms with Gasteiger partial charge in [-0.15, -0.1) is 0 Å². The van der Waals surface area contributed by atoms with E-state index < -0.39 is 0 Å². The Morgan fingerprint density at radius 2 is 1.94 bits per heavy atom. The van der Waals surface area contributed by atoms with Crippen molar-refractivity contribution >= 4 is 11.8 Å². The molecule has 0 amide bonds. The second-order valence-corrected chi connectivity index (χ2v) is 4.65. The summed E-state index contributed by atoms with van der Waals surface area (Å²) in [6.45, 7) is 5.90. The first kappa shape index (κ1) is 12.8. The van der Waals surface area contributed by atoms with E-state index in [0.29, 0.717) is 12.5 Å². The highest BCUT2D eigenvalue weighted by Gasteiger charge is 2.22. The SMILES string of the molecule is CC(CC(=N)N)N1CCN(c2ncccn2)CC1. The lowest BCUT2D eigenvalue weighted by molar-refractivity contribution is 0.200. The van der Waals surface area contributed by atoms with Crippen LogP contribution in [0.4, 0.5) is 5.95 Å². The second-order valence-electron chi connectivity index (χ2n) is 4.65. The zero-order chi connectivity index (χ0) is 13.0. The van der Waals surface area contributed by atoms with Crippen LogP contribution in [0.25, 0.3) is 0 Å². The molecule has 3 N–H and O–H groups in total. The lowest BCUT2D eigenvalue weighted by atomic mass is 10.1. The zero-order valence-corrected chi connectivity index (χ0v) is 10.7. The summed E-state index contributed by atoms with van der Waals surface area (Å²) in [4.78, 5) is 13.1. The minimum Gasteiger partial charge on any atom is -0.388 e. The normalized spacial score (nSPS) is 18.6. The number of piperazine rings is 1. The summed E-state index contributed by atoms with van der Waals surface area (Å²) in [7, 11) is 0. The molecule has 98 valence electrons. The first-order valence-corrected chi connectivity index (χ1v) is 6.25. The van der Waals surface area contributed by atoms with Gasteiger partial charge in [0.15, 0.2) is 0 Å². The Bertz CT molecular complexity index is 385. The number of nitrogens with two attached hydrogens (primary N) is 1. The summed E-state index contributed by atoms with van der Waals surface area (Å²) in [5, 5.41) is 7.34. The largest absolute Gasteiger partial charge is 0.388 e. The zero-order valence-electron chi connectivity index (χ0n) is 10.7. The van der Waals surface area contributed by atoms with Crippen LogP contribution in [0.3, 0.4) is 0 Å². The monoisotopic (exact) mass is 248 g/mol. The molecule has 2 heterocycles. The molecule has 0 saturated carbocycles. The van der Waals surface area contributed by atoms with Crippen molar-refractivity contribution in [2.24, 2.45) is 5.73 Å². The summed E-state index contributed by atoms with van der Waals surface area (Å²) in [6.07, 6.45) is 4.18. The van der Waals surface area contributed by atoms with Crippen molar-refractivity contribution in [2.75, 3.05) is 31.1 Å². The van der Waals surface area contributed by atoms with Gasteiger partial charge in [-0.25, -0.2) is 9.97 Å². The van der Waals surface area contributed by atoms with Crippen LogP contribution >= 0.6 is 0 Å². The third-order valence-electron chi connectivity index (χ3n) is 3.29. The number of rotatable bonds is 4. The van der Waals surface area contributed by atoms with Crippen molar-refractivity contribution in [2.45, 2.75) is 19.4 Å². The first-order valence-electron chi connectivity index (χ1n) is 6.25. The highest BCUT2D eigenvalue weighted by molar-refractivity contribution is 5.77. The van der Waals surface area contributed by atoms with Crippen molar-refractivity contribution < 1.29 is 0 Å². The molecule has 0 radical (unpaired) electrons. The first-order chi connectivity index (χ1) is 8.66. The number of anilines is 1. The number of nitrogens with one attached hydrogen (secondary N) is 1. The van der Waals surface area contributed by atoms with Gasteiger partial charge in [-0.1, -0.05) is 0 Å². The van der Waals surface area contributed by atoms with E-state index in [-0.39, 0.29) is 5.84 Å². The van der Waals surface area contributed by atoms with E-state index >= 15 is 0 Å². The van der Waals surface area contributed by atoms with Gasteiger partial charge in [-0.05, 0) is 13.0 Å². The van der Waals surface area contributed by atoms with E-state index in [2.05, 4.69) is 26.7 Å². The Labute approximate surface area is 107 Å². The maximum atomic E-state index is 7.34. The Balaban J connectivity index is 1.86. The number of nitrogens with zero attached hydrogens (tertiary/aromatic N) is 4. The van der Waals surface area contributed by atoms with E-state index in [1.807, 2.05) is 6.07 Å². The number of hydrogen-bond donors (Lipinski definition) is 2. The highest BCUT2D eigenvalue weighted by Crippen LogP contribution is 2.12. The minimum atomic E-state index is 0.260. The number of hydrogen-bond acceptors (Lipinski definition) is 5. The fraction of sp³-hybridized carbons (Fsp3) is 0.583. The van der Waals surface area contributed by atoms with Crippen LogP contribution in [0.15, 0.2) is 18.5 Å². The van der Waals surface area contributed by atoms with Gasteiger partial charge in [0.25, 0.3) is 0 Å². The molecule has 18 heavy (non-hydrogen) atoms. The standard InChI is InChI=1S/C12H20N6/c1-10(9-11(13)14)17-5-7-18(8-6-17)12-15-3-2-4-16-12/h2-4,10H,5-9H2,1H3,(H3,13,14). The average Bonchev–Trinajstić information content (AvgIpc) is 2.39. The van der Waals surface area contributed by atoms with Crippen LogP contribution in [0.2, 0.25) is 0 Å². The molecule has 2 rings (SSSR count). The van der Waals surface area contributed by atoms with E-state index in [0.717, 1.165) is 32.1 Å². The maximum Gasteiger partial charge on any atom is 0.225 e. The quantitative estimate of drug-likeness (QED) is 0.592. The summed E-state index contributed by atoms with van der Waals surface area (Å²) < 4.78 is 0. The third kappa shape index (κ3) is 3.16. The van der Waals surface area contributed by atoms with Gasteiger partial charge in [0.2, 0.25) is 5.95 Å². The van der Waals surface area contributed by atoms with E-state index in [1.54, 1.807) is 12.4 Å². The molecule has 0 bridgehead atoms. The molecule has 0 aliphatic carbocycles. The van der Waals surface area contributed by atoms with Crippen LogP contribution in [-0.4, -0.2) is 52.9 Å². The van der Waals surface area contributed by atoms with Gasteiger partial charge in [-0.3, -0.25) is 10.3 Å². The van der Waals surface area contributed by atoms with Gasteiger partial charge < -0.3 is 10.6 Å². The van der Waals surface area contributed by atoms with Gasteiger partial charge in [0, 0.05) is 51.0 Å². The molecule has 1 aromatic rings. The molecule has 1 atom stereocenters. The van der Waals surface area contributed by atoms with Crippen molar-refractivity contribution in [1.29, 1.82) is 5.41 Å². The van der Waals surface area contributed by atoms with E-state index in [1.165, 1.54) is 0 Å². The van der Waals surface area contributed by atoms with E-state index in [9.17, 15) is 0 Å². The fourth-order valence-electron chi connectivity index (χ4n) is 2.26. The molecule has 0 spiro atoms. The number of amidine groups is 1. The average molecular weight is 248 g/mol. The Hall–Kier alpha value is -1.69. The van der Waals surface area contributed by atoms with E-state index in [4.69, 9.17) is 11.1 Å². The van der Waals surface area contributed by atoms with Gasteiger partial charge >= 0.3 is 0 Å². The molecule has 0 aromatic carbocycles. The highest BCUT2D eigenvalue weighted by atomic mass is 15.3. The molecule has 1 fully saturated rings. The van der Waals surface area contributed by atoms with Crippen LogP contribution < -0.4 is 10.6 Å². The van der Waals surface area contributed by atoms with Gasteiger partial charge in [0.1, 0.15) is 0 Å². The summed E-state index contributed by atoms with van der Waals surface area (Å²) in [5.74, 6) is 1.06. The topological polar surface area (TPSA) is 82.1 Å². The Kier molecular flexibility index (Phi) is 4.09. The molecular weight excluding hydrogens is 228 g/mol. The minimum absolute atomic E-state index is 0.260. The molecule has 1 aliphatic rings. The molecule has 1 unspecified atom stereocenters. The fourth-order valence-corrected chi connectivity index (χ4v) is 2.26. The van der Waals surface area contributed by atoms with Crippen molar-refractivity contribution in [3.05, 3.63) is 18.5 Å². The lowest BCUT2D eigenvalue weighted by Gasteiger charge is -2.37. The summed E-state index contributed by atoms with van der Waals surface area (Å²) in [6, 6.07) is 2.16. The van der Waals surface area contributed by atoms with Crippen molar-refractivity contribution in [3.63, 3.8) is 0 Å². The van der Waals surface area contributed by atoms with Gasteiger partial charge in [-0.2, -0.15) is 0 Å². The van der Waals surface area contributed by atoms with Crippen LogP contribution in [0.1, 0.15) is 13.3 Å². The van der Waals surface area contributed by atoms with Crippen LogP contribution in [-0.2, 0) is 0 Å². The van der Waals surface area contributed by atoms with Crippen molar-refractivity contribution in [1.82, 2.24) is 14.9 Å². The van der Waals surface area contributed by atoms with Crippen LogP contribution in [0.5, 0.6) is 0 Å². The molecule has 6 nitrogen and oxygen atoms in total. The predicted molar refractivity (Wildman–Crippen MR) is 71.8 cm³/mol. The van der Waals surface area contributed by atoms with Crippen LogP contribution in [0, 0.1) is 5.41 Å². The molecule has 1 aliphatic heterocycles. The summed E-state index contributed by atoms with van der Waals surface area (Å²) >= 11 is 0. The molecule has 6 heteroatoms. The van der Waals surface area contributed by atoms with Crippen molar-refractivity contribution in [3.8, 4) is 0 Å². The summed E-state index contributed by atoms with van der Waals surface area (Å²) in [5.41, 5.74) is 5.44. The smallest absolute Gasteiger partial charge is 0.225 e. The third-order valence-corrected chi connectivity index (χ3v) is 3.29. The second kappa shape index (κ2) is 5.77. The van der Waals surface area contributed by atoms with Gasteiger partial charge in [0.05, 0.1) is 5.84 Å². The lowest BCUT2D eigenvalue weighted by Crippen LogP contribution is -2.50. The molecular formula is C12H20N6. The Morgan fingerprint density at radius 1 is 1.33 bits per heavy atom. The molecule has 1 saturated heterocycles. The maximum absolute atomic E-state index is 7.34. The predicted octanol–water partition coefficient (Wildman–Crippen LogP) is 0.313. The number of aromatic nitrogens is 2.